The van der Waals surface area contributed by atoms with E-state index in [-0.39, 0.29) is 30.5 Å². The van der Waals surface area contributed by atoms with Gasteiger partial charge in [0.1, 0.15) is 5.75 Å². The summed E-state index contributed by atoms with van der Waals surface area (Å²) in [5.41, 5.74) is 3.70. The number of hydrogen-bond donors (Lipinski definition) is 1. The van der Waals surface area contributed by atoms with Gasteiger partial charge >= 0.3 is 0 Å². The van der Waals surface area contributed by atoms with Gasteiger partial charge in [0, 0.05) is 30.8 Å². The molecule has 1 aliphatic heterocycles. The number of carbonyl (C=O) groups is 2. The number of anilines is 1. The number of hydrazone groups is 1. The van der Waals surface area contributed by atoms with Crippen LogP contribution >= 0.6 is 0 Å². The van der Waals surface area contributed by atoms with Crippen molar-refractivity contribution in [1.29, 1.82) is 0 Å². The van der Waals surface area contributed by atoms with Gasteiger partial charge in [-0.25, -0.2) is 5.43 Å². The summed E-state index contributed by atoms with van der Waals surface area (Å²) in [5.74, 6) is -0.318. The van der Waals surface area contributed by atoms with Crippen LogP contribution in [-0.4, -0.2) is 36.6 Å². The smallest absolute Gasteiger partial charge is 0.269 e. The van der Waals surface area contributed by atoms with Crippen molar-refractivity contribution in [3.05, 3.63) is 64.2 Å². The van der Waals surface area contributed by atoms with Crippen molar-refractivity contribution in [3.8, 4) is 5.75 Å². The molecule has 1 unspecified atom stereocenters. The van der Waals surface area contributed by atoms with Crippen LogP contribution < -0.4 is 15.1 Å². The molecule has 0 spiro atoms. The number of methoxy groups -OCH3 is 1. The molecule has 2 aromatic carbocycles. The van der Waals surface area contributed by atoms with Crippen LogP contribution in [-0.2, 0) is 9.59 Å². The Hall–Kier alpha value is -3.75. The first-order valence-corrected chi connectivity index (χ1v) is 8.49. The topological polar surface area (TPSA) is 114 Å². The molecule has 2 amide bonds. The summed E-state index contributed by atoms with van der Waals surface area (Å²) in [7, 11) is 1.56. The number of ether oxygens (including phenoxy) is 1. The first kappa shape index (κ1) is 19.0. The highest BCUT2D eigenvalue weighted by molar-refractivity contribution is 6.00. The second kappa shape index (κ2) is 8.30. The Bertz CT molecular complexity index is 909. The van der Waals surface area contributed by atoms with Crippen LogP contribution in [0.15, 0.2) is 53.6 Å². The first-order chi connectivity index (χ1) is 13.5. The van der Waals surface area contributed by atoms with Crippen LogP contribution in [0, 0.1) is 16.0 Å². The van der Waals surface area contributed by atoms with Gasteiger partial charge in [-0.3, -0.25) is 19.7 Å². The van der Waals surface area contributed by atoms with Crippen molar-refractivity contribution in [3.63, 3.8) is 0 Å². The van der Waals surface area contributed by atoms with E-state index in [1.165, 1.54) is 30.5 Å². The number of amides is 2. The molecular weight excluding hydrogens is 364 g/mol. The molecule has 1 saturated heterocycles. The van der Waals surface area contributed by atoms with Gasteiger partial charge in [0.2, 0.25) is 11.8 Å². The van der Waals surface area contributed by atoms with E-state index in [2.05, 4.69) is 10.5 Å². The van der Waals surface area contributed by atoms with Gasteiger partial charge in [0.05, 0.1) is 24.2 Å². The average molecular weight is 382 g/mol. The molecule has 9 nitrogen and oxygen atoms in total. The van der Waals surface area contributed by atoms with Crippen LogP contribution in [0.25, 0.3) is 0 Å². The van der Waals surface area contributed by atoms with Crippen LogP contribution in [0.5, 0.6) is 5.75 Å². The van der Waals surface area contributed by atoms with E-state index in [4.69, 9.17) is 4.74 Å². The van der Waals surface area contributed by atoms with Crippen molar-refractivity contribution < 1.29 is 19.2 Å². The third-order valence-corrected chi connectivity index (χ3v) is 4.37. The number of hydrogen-bond acceptors (Lipinski definition) is 6. The van der Waals surface area contributed by atoms with Gasteiger partial charge in [-0.15, -0.1) is 0 Å². The van der Waals surface area contributed by atoms with Gasteiger partial charge in [0.25, 0.3) is 5.69 Å². The Kier molecular flexibility index (Phi) is 5.64. The number of nitrogens with one attached hydrogen (secondary N) is 1. The maximum atomic E-state index is 12.3. The third-order valence-electron chi connectivity index (χ3n) is 4.37. The van der Waals surface area contributed by atoms with Gasteiger partial charge in [0.15, 0.2) is 0 Å². The fraction of sp³-hybridized carbons (Fsp3) is 0.211. The molecule has 0 aromatic heterocycles. The van der Waals surface area contributed by atoms with E-state index in [0.29, 0.717) is 17.0 Å². The van der Waals surface area contributed by atoms with Crippen LogP contribution in [0.1, 0.15) is 12.0 Å². The molecule has 0 saturated carbocycles. The van der Waals surface area contributed by atoms with Gasteiger partial charge in [-0.2, -0.15) is 5.10 Å². The van der Waals surface area contributed by atoms with Crippen molar-refractivity contribution in [2.24, 2.45) is 11.0 Å². The molecule has 3 rings (SSSR count). The molecular formula is C19H18N4O5. The summed E-state index contributed by atoms with van der Waals surface area (Å²) in [6.45, 7) is 0.268. The highest BCUT2D eigenvalue weighted by Gasteiger charge is 2.35. The van der Waals surface area contributed by atoms with E-state index in [1.54, 1.807) is 36.3 Å². The monoisotopic (exact) mass is 382 g/mol. The lowest BCUT2D eigenvalue weighted by atomic mass is 10.1. The molecule has 0 aliphatic carbocycles. The first-order valence-electron chi connectivity index (χ1n) is 8.49. The van der Waals surface area contributed by atoms with E-state index in [9.17, 15) is 19.7 Å². The van der Waals surface area contributed by atoms with E-state index in [1.807, 2.05) is 0 Å². The zero-order valence-corrected chi connectivity index (χ0v) is 15.1. The molecule has 144 valence electrons. The highest BCUT2D eigenvalue weighted by atomic mass is 16.6. The molecule has 9 heteroatoms. The molecule has 1 N–H and O–H groups in total. The van der Waals surface area contributed by atoms with Crippen LogP contribution in [0.2, 0.25) is 0 Å². The molecule has 28 heavy (non-hydrogen) atoms. The summed E-state index contributed by atoms with van der Waals surface area (Å²) in [6.07, 6.45) is 1.49. The molecule has 2 aromatic rings. The second-order valence-electron chi connectivity index (χ2n) is 6.19. The maximum absolute atomic E-state index is 12.3. The van der Waals surface area contributed by atoms with Crippen molar-refractivity contribution in [2.45, 2.75) is 6.42 Å². The molecule has 0 bridgehead atoms. The van der Waals surface area contributed by atoms with Crippen LogP contribution in [0.4, 0.5) is 11.4 Å². The zero-order chi connectivity index (χ0) is 20.1. The molecule has 1 atom stereocenters. The lowest BCUT2D eigenvalue weighted by Gasteiger charge is -2.16. The number of nitro benzene ring substituents is 1. The average Bonchev–Trinajstić information content (AvgIpc) is 3.10. The number of nitrogens with zero attached hydrogens (tertiary/aromatic N) is 3. The third kappa shape index (κ3) is 4.32. The largest absolute Gasteiger partial charge is 0.497 e. The van der Waals surface area contributed by atoms with Gasteiger partial charge < -0.3 is 9.64 Å². The van der Waals surface area contributed by atoms with E-state index in [0.717, 1.165) is 0 Å². The Morgan fingerprint density at radius 2 is 1.93 bits per heavy atom. The van der Waals surface area contributed by atoms with E-state index < -0.39 is 10.8 Å². The Balaban J connectivity index is 1.57. The molecule has 0 radical (unpaired) electrons. The Morgan fingerprint density at radius 3 is 2.54 bits per heavy atom. The minimum atomic E-state index is -0.511. The fourth-order valence-corrected chi connectivity index (χ4v) is 2.84. The minimum Gasteiger partial charge on any atom is -0.497 e. The van der Waals surface area contributed by atoms with Gasteiger partial charge in [-0.05, 0) is 42.0 Å². The quantitative estimate of drug-likeness (QED) is 0.467. The molecule has 1 fully saturated rings. The van der Waals surface area contributed by atoms with E-state index >= 15 is 0 Å². The number of non-ortho nitro benzene ring substituents is 1. The maximum Gasteiger partial charge on any atom is 0.269 e. The predicted molar refractivity (Wildman–Crippen MR) is 102 cm³/mol. The number of rotatable bonds is 6. The zero-order valence-electron chi connectivity index (χ0n) is 15.1. The number of carbonyl (C=O) groups excluding carboxylic acids is 2. The highest BCUT2D eigenvalue weighted by Crippen LogP contribution is 2.26. The standard InChI is InChI=1S/C19H18N4O5/c1-28-17-8-6-15(7-9-17)22-12-14(10-18(22)24)19(25)21-20-11-13-2-4-16(5-3-13)23(26)27/h2-9,11,14H,10,12H2,1H3,(H,21,25)/b20-11+. The fourth-order valence-electron chi connectivity index (χ4n) is 2.84. The summed E-state index contributed by atoms with van der Waals surface area (Å²) >= 11 is 0. The van der Waals surface area contributed by atoms with Crippen LogP contribution in [0.3, 0.4) is 0 Å². The summed E-state index contributed by atoms with van der Waals surface area (Å²) in [5, 5.41) is 14.5. The van der Waals surface area contributed by atoms with Crippen molar-refractivity contribution >= 4 is 29.4 Å². The number of benzene rings is 2. The normalized spacial score (nSPS) is 16.4. The lowest BCUT2D eigenvalue weighted by molar-refractivity contribution is -0.384. The summed E-state index contributed by atoms with van der Waals surface area (Å²) in [4.78, 5) is 36.2. The van der Waals surface area contributed by atoms with Gasteiger partial charge in [-0.1, -0.05) is 0 Å². The predicted octanol–water partition coefficient (Wildman–Crippen LogP) is 2.11. The van der Waals surface area contributed by atoms with Crippen molar-refractivity contribution in [1.82, 2.24) is 5.43 Å². The lowest BCUT2D eigenvalue weighted by Crippen LogP contribution is -2.30. The molecule has 1 heterocycles. The Morgan fingerprint density at radius 1 is 1.25 bits per heavy atom. The SMILES string of the molecule is COc1ccc(N2CC(C(=O)N/N=C/c3ccc([N+](=O)[O-])cc3)CC2=O)cc1. The Labute approximate surface area is 160 Å². The minimum absolute atomic E-state index is 0.0238. The second-order valence-corrected chi connectivity index (χ2v) is 6.19. The number of nitro groups is 1. The summed E-state index contributed by atoms with van der Waals surface area (Å²) in [6, 6.07) is 12.8. The summed E-state index contributed by atoms with van der Waals surface area (Å²) < 4.78 is 5.10. The van der Waals surface area contributed by atoms with Crippen molar-refractivity contribution in [2.75, 3.05) is 18.6 Å². The molecule has 1 aliphatic rings.